The minimum atomic E-state index is 0.357. The first-order valence-corrected chi connectivity index (χ1v) is 8.97. The fourth-order valence-electron chi connectivity index (χ4n) is 2.64. The van der Waals surface area contributed by atoms with Crippen molar-refractivity contribution >= 4 is 29.7 Å². The Morgan fingerprint density at radius 1 is 0.964 bits per heavy atom. The van der Waals surface area contributed by atoms with Crippen LogP contribution in [0.3, 0.4) is 0 Å². The number of ether oxygens (including phenoxy) is 1. The van der Waals surface area contributed by atoms with Crippen LogP contribution >= 0.6 is 0 Å². The van der Waals surface area contributed by atoms with Gasteiger partial charge in [-0.3, -0.25) is 4.98 Å². The highest BCUT2D eigenvalue weighted by Gasteiger charge is 2.16. The van der Waals surface area contributed by atoms with E-state index >= 15 is 0 Å². The molecule has 1 saturated heterocycles. The van der Waals surface area contributed by atoms with Gasteiger partial charge in [0.1, 0.15) is 0 Å². The van der Waals surface area contributed by atoms with Crippen molar-refractivity contribution in [3.63, 3.8) is 0 Å². The van der Waals surface area contributed by atoms with Crippen LogP contribution in [0.2, 0.25) is 0 Å². The molecule has 0 unspecified atom stereocenters. The number of rotatable bonds is 6. The highest BCUT2D eigenvalue weighted by Crippen LogP contribution is 2.18. The summed E-state index contributed by atoms with van der Waals surface area (Å²) >= 11 is 0. The van der Waals surface area contributed by atoms with E-state index in [0.717, 1.165) is 24.3 Å². The SMILES string of the molecule is C(=N/Nc1nc(Nc2ccccc2)nc(N2CCOCC2)n1)/c1cccnc1. The molecule has 1 fully saturated rings. The summed E-state index contributed by atoms with van der Waals surface area (Å²) in [5.74, 6) is 1.38. The Morgan fingerprint density at radius 2 is 1.79 bits per heavy atom. The van der Waals surface area contributed by atoms with E-state index in [-0.39, 0.29) is 0 Å². The highest BCUT2D eigenvalue weighted by atomic mass is 16.5. The third kappa shape index (κ3) is 4.77. The molecule has 1 aliphatic heterocycles. The molecule has 4 rings (SSSR count). The molecular weight excluding hydrogens is 356 g/mol. The maximum absolute atomic E-state index is 5.42. The van der Waals surface area contributed by atoms with Crippen molar-refractivity contribution in [3.8, 4) is 0 Å². The van der Waals surface area contributed by atoms with Crippen LogP contribution in [0, 0.1) is 0 Å². The number of hydrazone groups is 1. The number of para-hydroxylation sites is 1. The zero-order valence-corrected chi connectivity index (χ0v) is 15.2. The van der Waals surface area contributed by atoms with Crippen molar-refractivity contribution in [2.24, 2.45) is 5.10 Å². The number of nitrogens with one attached hydrogen (secondary N) is 2. The van der Waals surface area contributed by atoms with E-state index in [1.807, 2.05) is 42.5 Å². The van der Waals surface area contributed by atoms with Crippen LogP contribution < -0.4 is 15.6 Å². The third-order valence-electron chi connectivity index (χ3n) is 4.01. The van der Waals surface area contributed by atoms with Crippen LogP contribution in [-0.2, 0) is 4.74 Å². The Balaban J connectivity index is 1.56. The normalized spacial score (nSPS) is 14.2. The van der Waals surface area contributed by atoms with Crippen LogP contribution in [0.25, 0.3) is 0 Å². The summed E-state index contributed by atoms with van der Waals surface area (Å²) in [5, 5.41) is 7.42. The average Bonchev–Trinajstić information content (AvgIpc) is 2.76. The van der Waals surface area contributed by atoms with Crippen molar-refractivity contribution in [2.45, 2.75) is 0 Å². The molecule has 0 aliphatic carbocycles. The molecule has 2 aromatic heterocycles. The molecule has 3 heterocycles. The van der Waals surface area contributed by atoms with Crippen molar-refractivity contribution < 1.29 is 4.74 Å². The number of nitrogens with zero attached hydrogens (tertiary/aromatic N) is 6. The summed E-state index contributed by atoms with van der Waals surface area (Å²) in [6.45, 7) is 2.75. The lowest BCUT2D eigenvalue weighted by molar-refractivity contribution is 0.122. The second-order valence-corrected chi connectivity index (χ2v) is 6.03. The quantitative estimate of drug-likeness (QED) is 0.499. The summed E-state index contributed by atoms with van der Waals surface area (Å²) in [5.41, 5.74) is 4.65. The molecule has 1 aliphatic rings. The zero-order valence-electron chi connectivity index (χ0n) is 15.2. The summed E-state index contributed by atoms with van der Waals surface area (Å²) in [4.78, 5) is 19.6. The fraction of sp³-hybridized carbons (Fsp3) is 0.211. The molecule has 0 saturated carbocycles. The van der Waals surface area contributed by atoms with E-state index < -0.39 is 0 Å². The topological polar surface area (TPSA) is 100 Å². The predicted molar refractivity (Wildman–Crippen MR) is 108 cm³/mol. The molecule has 9 nitrogen and oxygen atoms in total. The lowest BCUT2D eigenvalue weighted by atomic mass is 10.3. The summed E-state index contributed by atoms with van der Waals surface area (Å²) in [7, 11) is 0. The Labute approximate surface area is 162 Å². The predicted octanol–water partition coefficient (Wildman–Crippen LogP) is 2.29. The van der Waals surface area contributed by atoms with Gasteiger partial charge in [-0.25, -0.2) is 5.43 Å². The van der Waals surface area contributed by atoms with E-state index in [1.165, 1.54) is 0 Å². The van der Waals surface area contributed by atoms with Crippen LogP contribution in [0.5, 0.6) is 0 Å². The Hall–Kier alpha value is -3.59. The number of anilines is 4. The lowest BCUT2D eigenvalue weighted by Crippen LogP contribution is -2.37. The van der Waals surface area contributed by atoms with E-state index in [9.17, 15) is 0 Å². The van der Waals surface area contributed by atoms with Gasteiger partial charge in [0.15, 0.2) is 0 Å². The lowest BCUT2D eigenvalue weighted by Gasteiger charge is -2.27. The number of benzene rings is 1. The maximum atomic E-state index is 5.42. The second-order valence-electron chi connectivity index (χ2n) is 6.03. The maximum Gasteiger partial charge on any atom is 0.250 e. The van der Waals surface area contributed by atoms with Crippen molar-refractivity contribution in [1.82, 2.24) is 19.9 Å². The van der Waals surface area contributed by atoms with E-state index in [4.69, 9.17) is 4.74 Å². The zero-order chi connectivity index (χ0) is 19.0. The molecule has 9 heteroatoms. The highest BCUT2D eigenvalue weighted by molar-refractivity contribution is 5.79. The molecular formula is C19H20N8O. The number of hydrogen-bond donors (Lipinski definition) is 2. The molecule has 2 N–H and O–H groups in total. The number of hydrogen-bond acceptors (Lipinski definition) is 9. The summed E-state index contributed by atoms with van der Waals surface area (Å²) < 4.78 is 5.42. The van der Waals surface area contributed by atoms with Gasteiger partial charge in [0.2, 0.25) is 17.8 Å². The van der Waals surface area contributed by atoms with Gasteiger partial charge in [-0.15, -0.1) is 0 Å². The first kappa shape index (κ1) is 17.8. The minimum Gasteiger partial charge on any atom is -0.378 e. The molecule has 0 spiro atoms. The largest absolute Gasteiger partial charge is 0.378 e. The average molecular weight is 376 g/mol. The van der Waals surface area contributed by atoms with Crippen LogP contribution in [0.15, 0.2) is 60.0 Å². The van der Waals surface area contributed by atoms with Gasteiger partial charge in [-0.1, -0.05) is 24.3 Å². The Bertz CT molecular complexity index is 914. The van der Waals surface area contributed by atoms with Gasteiger partial charge in [0.05, 0.1) is 19.4 Å². The first-order valence-electron chi connectivity index (χ1n) is 8.97. The minimum absolute atomic E-state index is 0.357. The van der Waals surface area contributed by atoms with Gasteiger partial charge in [0, 0.05) is 36.7 Å². The smallest absolute Gasteiger partial charge is 0.250 e. The molecule has 0 atom stereocenters. The molecule has 142 valence electrons. The molecule has 0 bridgehead atoms. The number of aromatic nitrogens is 4. The molecule has 1 aromatic carbocycles. The molecule has 28 heavy (non-hydrogen) atoms. The second kappa shape index (κ2) is 8.87. The standard InChI is InChI=1S/C19H20N8O/c1-2-6-16(7-3-1)22-17-23-18(26-21-14-15-5-4-8-20-13-15)25-19(24-17)27-9-11-28-12-10-27/h1-8,13-14H,9-12H2,(H2,22,23,24,25,26)/b21-14-. The van der Waals surface area contributed by atoms with Gasteiger partial charge in [-0.05, 0) is 18.2 Å². The molecule has 0 amide bonds. The van der Waals surface area contributed by atoms with Crippen LogP contribution in [-0.4, -0.2) is 52.5 Å². The van der Waals surface area contributed by atoms with E-state index in [0.29, 0.717) is 31.1 Å². The third-order valence-corrected chi connectivity index (χ3v) is 4.01. The fourth-order valence-corrected chi connectivity index (χ4v) is 2.64. The monoisotopic (exact) mass is 376 g/mol. The molecule has 0 radical (unpaired) electrons. The van der Waals surface area contributed by atoms with Crippen molar-refractivity contribution in [1.29, 1.82) is 0 Å². The number of morpholine rings is 1. The first-order chi connectivity index (χ1) is 13.9. The van der Waals surface area contributed by atoms with Crippen molar-refractivity contribution in [2.75, 3.05) is 41.9 Å². The van der Waals surface area contributed by atoms with Crippen LogP contribution in [0.1, 0.15) is 5.56 Å². The Morgan fingerprint density at radius 3 is 2.57 bits per heavy atom. The van der Waals surface area contributed by atoms with Gasteiger partial charge in [0.25, 0.3) is 0 Å². The van der Waals surface area contributed by atoms with Crippen LogP contribution in [0.4, 0.5) is 23.5 Å². The van der Waals surface area contributed by atoms with E-state index in [2.05, 4.69) is 40.7 Å². The summed E-state index contributed by atoms with van der Waals surface area (Å²) in [6.07, 6.45) is 5.10. The molecule has 3 aromatic rings. The van der Waals surface area contributed by atoms with Gasteiger partial charge >= 0.3 is 0 Å². The number of pyridine rings is 1. The van der Waals surface area contributed by atoms with Crippen molar-refractivity contribution in [3.05, 3.63) is 60.4 Å². The van der Waals surface area contributed by atoms with Gasteiger partial charge < -0.3 is 15.0 Å². The van der Waals surface area contributed by atoms with Gasteiger partial charge in [-0.2, -0.15) is 20.1 Å². The Kier molecular flexibility index (Phi) is 5.64. The summed E-state index contributed by atoms with van der Waals surface area (Å²) in [6, 6.07) is 13.5. The van der Waals surface area contributed by atoms with E-state index in [1.54, 1.807) is 18.6 Å².